The number of amides is 1. The molecule has 1 amide bonds. The van der Waals surface area contributed by atoms with Crippen molar-refractivity contribution in [1.82, 2.24) is 14.9 Å². The van der Waals surface area contributed by atoms with Gasteiger partial charge in [0.05, 0.1) is 17.1 Å². The van der Waals surface area contributed by atoms with Crippen molar-refractivity contribution in [3.63, 3.8) is 0 Å². The van der Waals surface area contributed by atoms with Crippen LogP contribution >= 0.6 is 11.6 Å². The van der Waals surface area contributed by atoms with Gasteiger partial charge in [-0.15, -0.1) is 0 Å². The number of nitrogens with one attached hydrogen (secondary N) is 1. The van der Waals surface area contributed by atoms with Gasteiger partial charge in [0.2, 0.25) is 11.9 Å². The monoisotopic (exact) mass is 385 g/mol. The molecule has 0 bridgehead atoms. The lowest BCUT2D eigenvalue weighted by Gasteiger charge is -2.32. The molecule has 0 radical (unpaired) electrons. The summed E-state index contributed by atoms with van der Waals surface area (Å²) >= 11 is 6.11. The zero-order chi connectivity index (χ0) is 19.4. The fourth-order valence-electron chi connectivity index (χ4n) is 2.97. The van der Waals surface area contributed by atoms with E-state index in [1.165, 1.54) is 6.08 Å². The summed E-state index contributed by atoms with van der Waals surface area (Å²) in [6.45, 7) is 7.58. The fourth-order valence-corrected chi connectivity index (χ4v) is 3.17. The number of carbonyl (C=O) groups excluding carboxylic acids is 1. The molecule has 1 aromatic carbocycles. The predicted octanol–water partition coefficient (Wildman–Crippen LogP) is 3.15. The zero-order valence-electron chi connectivity index (χ0n) is 15.9. The highest BCUT2D eigenvalue weighted by molar-refractivity contribution is 6.32. The maximum absolute atomic E-state index is 12.3. The average Bonchev–Trinajstić information content (AvgIpc) is 2.64. The number of benzene rings is 1. The molecule has 2 heterocycles. The summed E-state index contributed by atoms with van der Waals surface area (Å²) < 4.78 is 0. The Balaban J connectivity index is 1.71. The molecule has 1 aliphatic rings. The summed E-state index contributed by atoms with van der Waals surface area (Å²) in [4.78, 5) is 26.0. The van der Waals surface area contributed by atoms with E-state index >= 15 is 0 Å². The first-order valence-electron chi connectivity index (χ1n) is 8.96. The standard InChI is InChI=1S/C20H24ClN5O/c1-14-19(24-18(27)9-8-16-6-4-5-7-17(16)21)15(2)23-20(22-14)26-12-10-25(3)11-13-26/h4-9H,10-13H2,1-3H3,(H,24,27)/b9-8+. The highest BCUT2D eigenvalue weighted by Gasteiger charge is 2.19. The highest BCUT2D eigenvalue weighted by atomic mass is 35.5. The molecular weight excluding hydrogens is 362 g/mol. The molecule has 0 unspecified atom stereocenters. The average molecular weight is 386 g/mol. The molecule has 1 saturated heterocycles. The Morgan fingerprint density at radius 2 is 1.74 bits per heavy atom. The van der Waals surface area contributed by atoms with Gasteiger partial charge in [-0.1, -0.05) is 29.8 Å². The maximum Gasteiger partial charge on any atom is 0.248 e. The van der Waals surface area contributed by atoms with Crippen LogP contribution in [0.3, 0.4) is 0 Å². The van der Waals surface area contributed by atoms with Gasteiger partial charge < -0.3 is 15.1 Å². The molecule has 0 aliphatic carbocycles. The summed E-state index contributed by atoms with van der Waals surface area (Å²) in [5.74, 6) is 0.486. The van der Waals surface area contributed by atoms with Crippen LogP contribution in [-0.4, -0.2) is 54.0 Å². The number of likely N-dealkylation sites (N-methyl/N-ethyl adjacent to an activating group) is 1. The molecule has 3 rings (SSSR count). The van der Waals surface area contributed by atoms with Crippen LogP contribution in [-0.2, 0) is 4.79 Å². The number of hydrogen-bond donors (Lipinski definition) is 1. The Bertz CT molecular complexity index is 836. The van der Waals surface area contributed by atoms with Crippen molar-refractivity contribution >= 4 is 35.2 Å². The molecule has 0 atom stereocenters. The van der Waals surface area contributed by atoms with Gasteiger partial charge in [-0.2, -0.15) is 0 Å². The van der Waals surface area contributed by atoms with Crippen LogP contribution in [0.2, 0.25) is 5.02 Å². The third-order valence-corrected chi connectivity index (χ3v) is 4.96. The molecule has 0 saturated carbocycles. The quantitative estimate of drug-likeness (QED) is 0.819. The predicted molar refractivity (Wildman–Crippen MR) is 110 cm³/mol. The Labute approximate surface area is 164 Å². The number of nitrogens with zero attached hydrogens (tertiary/aromatic N) is 4. The molecule has 1 N–H and O–H groups in total. The van der Waals surface area contributed by atoms with Gasteiger partial charge in [0, 0.05) is 37.3 Å². The number of piperazine rings is 1. The van der Waals surface area contributed by atoms with Crippen LogP contribution in [0, 0.1) is 13.8 Å². The molecule has 142 valence electrons. The summed E-state index contributed by atoms with van der Waals surface area (Å²) in [5.41, 5.74) is 2.97. The first-order chi connectivity index (χ1) is 12.9. The number of carbonyl (C=O) groups is 1. The van der Waals surface area contributed by atoms with Crippen molar-refractivity contribution in [1.29, 1.82) is 0 Å². The van der Waals surface area contributed by atoms with Crippen LogP contribution in [0.15, 0.2) is 30.3 Å². The van der Waals surface area contributed by atoms with Crippen molar-refractivity contribution in [2.24, 2.45) is 0 Å². The summed E-state index contributed by atoms with van der Waals surface area (Å²) in [6.07, 6.45) is 3.16. The first kappa shape index (κ1) is 19.3. The van der Waals surface area contributed by atoms with Crippen LogP contribution in [0.25, 0.3) is 6.08 Å². The van der Waals surface area contributed by atoms with E-state index in [2.05, 4.69) is 32.1 Å². The highest BCUT2D eigenvalue weighted by Crippen LogP contribution is 2.22. The van der Waals surface area contributed by atoms with E-state index in [1.807, 2.05) is 32.0 Å². The van der Waals surface area contributed by atoms with E-state index in [4.69, 9.17) is 11.6 Å². The van der Waals surface area contributed by atoms with Crippen molar-refractivity contribution < 1.29 is 4.79 Å². The van der Waals surface area contributed by atoms with E-state index in [0.717, 1.165) is 49.1 Å². The molecule has 6 nitrogen and oxygen atoms in total. The van der Waals surface area contributed by atoms with Crippen molar-refractivity contribution in [3.8, 4) is 0 Å². The number of anilines is 2. The van der Waals surface area contributed by atoms with Crippen molar-refractivity contribution in [2.75, 3.05) is 43.4 Å². The second-order valence-electron chi connectivity index (χ2n) is 6.70. The van der Waals surface area contributed by atoms with Crippen LogP contribution in [0.4, 0.5) is 11.6 Å². The van der Waals surface area contributed by atoms with Crippen molar-refractivity contribution in [3.05, 3.63) is 52.3 Å². The summed E-state index contributed by atoms with van der Waals surface area (Å²) in [6, 6.07) is 7.38. The topological polar surface area (TPSA) is 61.4 Å². The van der Waals surface area contributed by atoms with E-state index in [9.17, 15) is 4.79 Å². The molecule has 1 fully saturated rings. The maximum atomic E-state index is 12.3. The third-order valence-electron chi connectivity index (χ3n) is 4.61. The third kappa shape index (κ3) is 4.84. The Hall–Kier alpha value is -2.44. The number of aryl methyl sites for hydroxylation is 2. The smallest absolute Gasteiger partial charge is 0.248 e. The zero-order valence-corrected chi connectivity index (χ0v) is 16.6. The van der Waals surface area contributed by atoms with Gasteiger partial charge in [-0.3, -0.25) is 4.79 Å². The molecule has 0 spiro atoms. The molecule has 27 heavy (non-hydrogen) atoms. The van der Waals surface area contributed by atoms with Gasteiger partial charge in [-0.25, -0.2) is 9.97 Å². The largest absolute Gasteiger partial charge is 0.338 e. The van der Waals surface area contributed by atoms with Crippen LogP contribution in [0.5, 0.6) is 0 Å². The Kier molecular flexibility index (Phi) is 6.08. The van der Waals surface area contributed by atoms with E-state index < -0.39 is 0 Å². The van der Waals surface area contributed by atoms with E-state index in [1.54, 1.807) is 12.1 Å². The minimum absolute atomic E-state index is 0.239. The van der Waals surface area contributed by atoms with Gasteiger partial charge in [0.15, 0.2) is 0 Å². The van der Waals surface area contributed by atoms with E-state index in [0.29, 0.717) is 10.7 Å². The molecular formula is C20H24ClN5O. The fraction of sp³-hybridized carbons (Fsp3) is 0.350. The SMILES string of the molecule is Cc1nc(N2CCN(C)CC2)nc(C)c1NC(=O)/C=C/c1ccccc1Cl. The Morgan fingerprint density at radius 1 is 1.11 bits per heavy atom. The van der Waals surface area contributed by atoms with E-state index in [-0.39, 0.29) is 5.91 Å². The van der Waals surface area contributed by atoms with Gasteiger partial charge in [-0.05, 0) is 38.6 Å². The first-order valence-corrected chi connectivity index (χ1v) is 9.34. The lowest BCUT2D eigenvalue weighted by atomic mass is 10.2. The molecule has 2 aromatic rings. The molecule has 1 aromatic heterocycles. The lowest BCUT2D eigenvalue weighted by molar-refractivity contribution is -0.111. The van der Waals surface area contributed by atoms with Gasteiger partial charge in [0.25, 0.3) is 0 Å². The summed E-state index contributed by atoms with van der Waals surface area (Å²) in [7, 11) is 2.11. The minimum Gasteiger partial charge on any atom is -0.338 e. The van der Waals surface area contributed by atoms with Gasteiger partial charge >= 0.3 is 0 Å². The molecule has 7 heteroatoms. The van der Waals surface area contributed by atoms with Gasteiger partial charge in [0.1, 0.15) is 0 Å². The molecule has 1 aliphatic heterocycles. The number of aromatic nitrogens is 2. The minimum atomic E-state index is -0.239. The normalized spacial score (nSPS) is 15.3. The number of rotatable bonds is 4. The number of hydrogen-bond acceptors (Lipinski definition) is 5. The van der Waals surface area contributed by atoms with Crippen molar-refractivity contribution in [2.45, 2.75) is 13.8 Å². The second kappa shape index (κ2) is 8.50. The summed E-state index contributed by atoms with van der Waals surface area (Å²) in [5, 5.41) is 3.49. The lowest BCUT2D eigenvalue weighted by Crippen LogP contribution is -2.45. The Morgan fingerprint density at radius 3 is 2.37 bits per heavy atom. The van der Waals surface area contributed by atoms with Crippen LogP contribution < -0.4 is 10.2 Å². The second-order valence-corrected chi connectivity index (χ2v) is 7.11. The number of halogens is 1. The van der Waals surface area contributed by atoms with Crippen LogP contribution in [0.1, 0.15) is 17.0 Å².